The second kappa shape index (κ2) is 7.01. The summed E-state index contributed by atoms with van der Waals surface area (Å²) in [5.41, 5.74) is 0.539. The van der Waals surface area contributed by atoms with Crippen LogP contribution in [0, 0.1) is 0 Å². The highest BCUT2D eigenvalue weighted by molar-refractivity contribution is 6.32. The Balaban J connectivity index is 2.04. The zero-order valence-electron chi connectivity index (χ0n) is 13.1. The van der Waals surface area contributed by atoms with Crippen molar-refractivity contribution in [3.63, 3.8) is 0 Å². The predicted molar refractivity (Wildman–Crippen MR) is 85.4 cm³/mol. The van der Waals surface area contributed by atoms with Gasteiger partial charge in [-0.3, -0.25) is 9.59 Å². The number of carbonyl (C=O) groups excluding carboxylic acids is 2. The summed E-state index contributed by atoms with van der Waals surface area (Å²) in [5, 5.41) is 0.432. The molecule has 1 aromatic rings. The first kappa shape index (κ1) is 16.6. The molecule has 2 rings (SSSR count). The molecular formula is C16H21ClN2O3. The second-order valence-corrected chi connectivity index (χ2v) is 6.02. The molecule has 22 heavy (non-hydrogen) atoms. The van der Waals surface area contributed by atoms with Crippen molar-refractivity contribution < 1.29 is 14.3 Å². The van der Waals surface area contributed by atoms with Crippen LogP contribution < -0.4 is 4.74 Å². The molecular weight excluding hydrogens is 304 g/mol. The third-order valence-electron chi connectivity index (χ3n) is 3.55. The zero-order chi connectivity index (χ0) is 16.3. The predicted octanol–water partition coefficient (Wildman–Crippen LogP) is 2.43. The first-order chi connectivity index (χ1) is 10.4. The fraction of sp³-hybridized carbons (Fsp3) is 0.500. The molecule has 0 unspecified atom stereocenters. The van der Waals surface area contributed by atoms with Gasteiger partial charge in [-0.15, -0.1) is 0 Å². The summed E-state index contributed by atoms with van der Waals surface area (Å²) in [4.78, 5) is 27.3. The molecule has 2 amide bonds. The van der Waals surface area contributed by atoms with Crippen molar-refractivity contribution in [2.45, 2.75) is 26.9 Å². The van der Waals surface area contributed by atoms with Gasteiger partial charge in [0.15, 0.2) is 0 Å². The van der Waals surface area contributed by atoms with Crippen LogP contribution in [0.4, 0.5) is 0 Å². The average molecular weight is 325 g/mol. The lowest BCUT2D eigenvalue weighted by molar-refractivity contribution is -0.130. The highest BCUT2D eigenvalue weighted by atomic mass is 35.5. The summed E-state index contributed by atoms with van der Waals surface area (Å²) < 4.78 is 5.56. The molecule has 1 saturated heterocycles. The zero-order valence-corrected chi connectivity index (χ0v) is 13.9. The van der Waals surface area contributed by atoms with Crippen molar-refractivity contribution in [1.29, 1.82) is 0 Å². The molecule has 6 heteroatoms. The number of hydrogen-bond acceptors (Lipinski definition) is 3. The van der Waals surface area contributed by atoms with Crippen LogP contribution >= 0.6 is 11.6 Å². The van der Waals surface area contributed by atoms with Gasteiger partial charge < -0.3 is 14.5 Å². The Labute approximate surface area is 135 Å². The van der Waals surface area contributed by atoms with Crippen molar-refractivity contribution >= 4 is 23.4 Å². The van der Waals surface area contributed by atoms with E-state index in [0.29, 0.717) is 42.5 Å². The van der Waals surface area contributed by atoms with E-state index in [-0.39, 0.29) is 17.9 Å². The van der Waals surface area contributed by atoms with Crippen molar-refractivity contribution in [3.05, 3.63) is 28.8 Å². The normalized spacial score (nSPS) is 15.1. The van der Waals surface area contributed by atoms with Crippen molar-refractivity contribution in [3.8, 4) is 5.75 Å². The maximum absolute atomic E-state index is 12.5. The SMILES string of the molecule is CC(=O)N1CCN(C(=O)c2ccc(OC(C)C)c(Cl)c2)CC1. The number of rotatable bonds is 3. The third kappa shape index (κ3) is 3.91. The quantitative estimate of drug-likeness (QED) is 0.858. The van der Waals surface area contributed by atoms with Gasteiger partial charge in [0, 0.05) is 38.7 Å². The summed E-state index contributed by atoms with van der Waals surface area (Å²) in [7, 11) is 0. The topological polar surface area (TPSA) is 49.9 Å². The Morgan fingerprint density at radius 3 is 2.23 bits per heavy atom. The standard InChI is InChI=1S/C16H21ClN2O3/c1-11(2)22-15-5-4-13(10-14(15)17)16(21)19-8-6-18(7-9-19)12(3)20/h4-5,10-11H,6-9H2,1-3H3. The van der Waals surface area contributed by atoms with E-state index in [2.05, 4.69) is 0 Å². The van der Waals surface area contributed by atoms with E-state index in [1.165, 1.54) is 0 Å². The van der Waals surface area contributed by atoms with E-state index < -0.39 is 0 Å². The van der Waals surface area contributed by atoms with Gasteiger partial charge in [0.25, 0.3) is 5.91 Å². The molecule has 0 atom stereocenters. The number of benzene rings is 1. The summed E-state index contributed by atoms with van der Waals surface area (Å²) >= 11 is 6.17. The fourth-order valence-electron chi connectivity index (χ4n) is 2.39. The smallest absolute Gasteiger partial charge is 0.254 e. The lowest BCUT2D eigenvalue weighted by atomic mass is 10.1. The Kier molecular flexibility index (Phi) is 5.29. The molecule has 1 heterocycles. The fourth-order valence-corrected chi connectivity index (χ4v) is 2.62. The largest absolute Gasteiger partial charge is 0.489 e. The van der Waals surface area contributed by atoms with Crippen LogP contribution in [0.15, 0.2) is 18.2 Å². The van der Waals surface area contributed by atoms with Crippen LogP contribution in [-0.2, 0) is 4.79 Å². The number of piperazine rings is 1. The molecule has 5 nitrogen and oxygen atoms in total. The molecule has 0 bridgehead atoms. The van der Waals surface area contributed by atoms with E-state index in [0.717, 1.165) is 0 Å². The van der Waals surface area contributed by atoms with Crippen LogP contribution in [0.25, 0.3) is 0 Å². The molecule has 0 N–H and O–H groups in total. The maximum Gasteiger partial charge on any atom is 0.254 e. The van der Waals surface area contributed by atoms with Gasteiger partial charge in [-0.1, -0.05) is 11.6 Å². The van der Waals surface area contributed by atoms with E-state index in [9.17, 15) is 9.59 Å². The van der Waals surface area contributed by atoms with Crippen LogP contribution in [0.2, 0.25) is 5.02 Å². The van der Waals surface area contributed by atoms with E-state index >= 15 is 0 Å². The molecule has 1 fully saturated rings. The monoisotopic (exact) mass is 324 g/mol. The van der Waals surface area contributed by atoms with Gasteiger partial charge in [0.2, 0.25) is 5.91 Å². The number of nitrogens with zero attached hydrogens (tertiary/aromatic N) is 2. The van der Waals surface area contributed by atoms with Crippen molar-refractivity contribution in [2.75, 3.05) is 26.2 Å². The minimum absolute atomic E-state index is 0.0266. The number of hydrogen-bond donors (Lipinski definition) is 0. The number of carbonyl (C=O) groups is 2. The summed E-state index contributed by atoms with van der Waals surface area (Å²) in [6, 6.07) is 5.09. The molecule has 120 valence electrons. The van der Waals surface area contributed by atoms with Crippen molar-refractivity contribution in [2.24, 2.45) is 0 Å². The van der Waals surface area contributed by atoms with E-state index in [1.807, 2.05) is 13.8 Å². The second-order valence-electron chi connectivity index (χ2n) is 5.61. The molecule has 1 aromatic carbocycles. The Morgan fingerprint density at radius 1 is 1.14 bits per heavy atom. The van der Waals surface area contributed by atoms with Gasteiger partial charge >= 0.3 is 0 Å². The Morgan fingerprint density at radius 2 is 1.73 bits per heavy atom. The third-order valence-corrected chi connectivity index (χ3v) is 3.85. The Bertz CT molecular complexity index is 567. The van der Waals surface area contributed by atoms with E-state index in [4.69, 9.17) is 16.3 Å². The van der Waals surface area contributed by atoms with Gasteiger partial charge in [-0.25, -0.2) is 0 Å². The molecule has 0 aromatic heterocycles. The molecule has 1 aliphatic rings. The van der Waals surface area contributed by atoms with Crippen LogP contribution in [0.3, 0.4) is 0 Å². The molecule has 0 saturated carbocycles. The minimum atomic E-state index is -0.0683. The molecule has 1 aliphatic heterocycles. The summed E-state index contributed by atoms with van der Waals surface area (Å²) in [6.45, 7) is 7.62. The molecule has 0 aliphatic carbocycles. The highest BCUT2D eigenvalue weighted by Gasteiger charge is 2.23. The van der Waals surface area contributed by atoms with Crippen LogP contribution in [0.5, 0.6) is 5.75 Å². The Hall–Kier alpha value is -1.75. The maximum atomic E-state index is 12.5. The highest BCUT2D eigenvalue weighted by Crippen LogP contribution is 2.27. The van der Waals surface area contributed by atoms with Crippen LogP contribution in [0.1, 0.15) is 31.1 Å². The number of amides is 2. The van der Waals surface area contributed by atoms with Gasteiger partial charge in [-0.05, 0) is 32.0 Å². The summed E-state index contributed by atoms with van der Waals surface area (Å²) in [5.74, 6) is 0.557. The average Bonchev–Trinajstić information content (AvgIpc) is 2.48. The number of ether oxygens (including phenoxy) is 1. The van der Waals surface area contributed by atoms with Crippen LogP contribution in [-0.4, -0.2) is 53.9 Å². The first-order valence-electron chi connectivity index (χ1n) is 7.39. The molecule has 0 spiro atoms. The van der Waals surface area contributed by atoms with Gasteiger partial charge in [-0.2, -0.15) is 0 Å². The first-order valence-corrected chi connectivity index (χ1v) is 7.77. The van der Waals surface area contributed by atoms with Gasteiger partial charge in [0.1, 0.15) is 5.75 Å². The van der Waals surface area contributed by atoms with Gasteiger partial charge in [0.05, 0.1) is 11.1 Å². The lowest BCUT2D eigenvalue weighted by Gasteiger charge is -2.34. The van der Waals surface area contributed by atoms with Crippen molar-refractivity contribution in [1.82, 2.24) is 9.80 Å². The lowest BCUT2D eigenvalue weighted by Crippen LogP contribution is -2.50. The minimum Gasteiger partial charge on any atom is -0.489 e. The molecule has 0 radical (unpaired) electrons. The summed E-state index contributed by atoms with van der Waals surface area (Å²) in [6.07, 6.45) is 0.0266. The van der Waals surface area contributed by atoms with E-state index in [1.54, 1.807) is 34.9 Å². The number of halogens is 1.